The van der Waals surface area contributed by atoms with Crippen LogP contribution < -0.4 is 10.6 Å². The van der Waals surface area contributed by atoms with Gasteiger partial charge in [0.1, 0.15) is 5.82 Å². The van der Waals surface area contributed by atoms with E-state index in [2.05, 4.69) is 10.6 Å². The highest BCUT2D eigenvalue weighted by atomic mass is 32.2. The van der Waals surface area contributed by atoms with Crippen molar-refractivity contribution in [1.29, 1.82) is 0 Å². The normalized spacial score (nSPS) is 16.3. The van der Waals surface area contributed by atoms with Crippen LogP contribution in [0.5, 0.6) is 0 Å². The lowest BCUT2D eigenvalue weighted by atomic mass is 10.0. The summed E-state index contributed by atoms with van der Waals surface area (Å²) in [4.78, 5) is 38.0. The van der Waals surface area contributed by atoms with Crippen LogP contribution in [0.1, 0.15) is 17.5 Å². The fraction of sp³-hybridized carbons (Fsp3) is 0.318. The number of hydrogen-bond donors (Lipinski definition) is 3. The number of amides is 3. The van der Waals surface area contributed by atoms with Gasteiger partial charge in [-0.3, -0.25) is 9.59 Å². The molecule has 0 aromatic heterocycles. The third kappa shape index (κ3) is 6.64. The van der Waals surface area contributed by atoms with Crippen LogP contribution in [-0.2, 0) is 22.6 Å². The van der Waals surface area contributed by atoms with Crippen molar-refractivity contribution in [2.75, 3.05) is 12.3 Å². The summed E-state index contributed by atoms with van der Waals surface area (Å²) in [5, 5.41) is 13.2. The lowest BCUT2D eigenvalue weighted by Crippen LogP contribution is -2.47. The molecule has 2 aromatic carbocycles. The molecule has 0 spiro atoms. The molecule has 11 heteroatoms. The van der Waals surface area contributed by atoms with Crippen molar-refractivity contribution in [3.05, 3.63) is 71.0 Å². The van der Waals surface area contributed by atoms with E-state index in [0.29, 0.717) is 17.9 Å². The number of nitrogens with one attached hydrogen (secondary N) is 2. The third-order valence-electron chi connectivity index (χ3n) is 5.05. The Morgan fingerprint density at radius 3 is 2.48 bits per heavy atom. The molecule has 3 N–H and O–H groups in total. The Morgan fingerprint density at radius 1 is 1.09 bits per heavy atom. The number of nitrogens with zero attached hydrogens (tertiary/aromatic N) is 1. The van der Waals surface area contributed by atoms with Crippen molar-refractivity contribution >= 4 is 29.7 Å². The highest BCUT2D eigenvalue weighted by Crippen LogP contribution is 2.25. The lowest BCUT2D eigenvalue weighted by molar-refractivity contribution is -0.137. The van der Waals surface area contributed by atoms with Crippen LogP contribution in [0.25, 0.3) is 0 Å². The van der Waals surface area contributed by atoms with E-state index in [0.717, 1.165) is 5.56 Å². The molecule has 1 aliphatic rings. The molecule has 2 aromatic rings. The Balaban J connectivity index is 1.65. The van der Waals surface area contributed by atoms with Gasteiger partial charge in [-0.05, 0) is 23.6 Å². The molecule has 0 bridgehead atoms. The van der Waals surface area contributed by atoms with Crippen molar-refractivity contribution in [1.82, 2.24) is 15.5 Å². The van der Waals surface area contributed by atoms with Gasteiger partial charge < -0.3 is 20.6 Å². The number of carbonyl (C=O) groups excluding carboxylic acids is 2. The van der Waals surface area contributed by atoms with Crippen LogP contribution in [0, 0.1) is 17.5 Å². The monoisotopic (exact) mass is 481 g/mol. The molecule has 176 valence electrons. The van der Waals surface area contributed by atoms with Crippen LogP contribution in [0.4, 0.5) is 18.0 Å². The van der Waals surface area contributed by atoms with Gasteiger partial charge in [-0.25, -0.2) is 18.0 Å². The Morgan fingerprint density at radius 2 is 1.79 bits per heavy atom. The Labute approximate surface area is 192 Å². The van der Waals surface area contributed by atoms with E-state index in [1.807, 2.05) is 30.3 Å². The van der Waals surface area contributed by atoms with Gasteiger partial charge in [-0.2, -0.15) is 0 Å². The van der Waals surface area contributed by atoms with Crippen LogP contribution in [0.15, 0.2) is 42.5 Å². The summed E-state index contributed by atoms with van der Waals surface area (Å²) in [7, 11) is 0. The summed E-state index contributed by atoms with van der Waals surface area (Å²) in [6.07, 6.45) is -2.20. The average molecular weight is 481 g/mol. The largest absolute Gasteiger partial charge is 0.465 e. The maximum atomic E-state index is 14.0. The minimum Gasteiger partial charge on any atom is -0.465 e. The number of halogens is 3. The number of thioether (sulfide) groups is 1. The SMILES string of the molecule is O=C(O)N[C@@H](CC(=O)N1CCSC1C(=O)NCc1ccccc1)Cc1cc(F)c(F)cc1F. The highest BCUT2D eigenvalue weighted by molar-refractivity contribution is 8.00. The molecule has 1 fully saturated rings. The maximum Gasteiger partial charge on any atom is 0.404 e. The van der Waals surface area contributed by atoms with Crippen molar-refractivity contribution in [3.8, 4) is 0 Å². The van der Waals surface area contributed by atoms with Crippen molar-refractivity contribution in [3.63, 3.8) is 0 Å². The van der Waals surface area contributed by atoms with Crippen LogP contribution in [0.3, 0.4) is 0 Å². The summed E-state index contributed by atoms with van der Waals surface area (Å²) in [6, 6.07) is 9.14. The molecule has 1 heterocycles. The Kier molecular flexibility index (Phi) is 8.21. The highest BCUT2D eigenvalue weighted by Gasteiger charge is 2.35. The molecule has 3 rings (SSSR count). The zero-order valence-electron chi connectivity index (χ0n) is 17.4. The first-order chi connectivity index (χ1) is 15.7. The Hall–Kier alpha value is -3.21. The average Bonchev–Trinajstić information content (AvgIpc) is 3.26. The van der Waals surface area contributed by atoms with Crippen LogP contribution in [0.2, 0.25) is 0 Å². The van der Waals surface area contributed by atoms with Gasteiger partial charge in [0.2, 0.25) is 5.91 Å². The smallest absolute Gasteiger partial charge is 0.404 e. The molecule has 3 amide bonds. The molecule has 1 saturated heterocycles. The van der Waals surface area contributed by atoms with Crippen LogP contribution >= 0.6 is 11.8 Å². The quantitative estimate of drug-likeness (QED) is 0.504. The molecular weight excluding hydrogens is 459 g/mol. The second kappa shape index (κ2) is 11.1. The second-order valence-corrected chi connectivity index (χ2v) is 8.61. The molecular formula is C22H22F3N3O4S. The van der Waals surface area contributed by atoms with Gasteiger partial charge in [-0.1, -0.05) is 30.3 Å². The summed E-state index contributed by atoms with van der Waals surface area (Å²) in [6.45, 7) is 0.573. The van der Waals surface area contributed by atoms with Gasteiger partial charge in [-0.15, -0.1) is 11.8 Å². The van der Waals surface area contributed by atoms with Crippen molar-refractivity contribution < 1.29 is 32.7 Å². The van der Waals surface area contributed by atoms with Gasteiger partial charge >= 0.3 is 6.09 Å². The van der Waals surface area contributed by atoms with Crippen LogP contribution in [-0.4, -0.2) is 51.6 Å². The number of benzene rings is 2. The summed E-state index contributed by atoms with van der Waals surface area (Å²) < 4.78 is 40.7. The molecule has 1 aliphatic heterocycles. The maximum absolute atomic E-state index is 14.0. The Bertz CT molecular complexity index is 1030. The number of carbonyl (C=O) groups is 3. The minimum atomic E-state index is -1.45. The minimum absolute atomic E-state index is 0.270. The van der Waals surface area contributed by atoms with Gasteiger partial charge in [0.25, 0.3) is 5.91 Å². The summed E-state index contributed by atoms with van der Waals surface area (Å²) >= 11 is 1.28. The second-order valence-electron chi connectivity index (χ2n) is 7.43. The van der Waals surface area contributed by atoms with E-state index < -0.39 is 40.9 Å². The molecule has 33 heavy (non-hydrogen) atoms. The van der Waals surface area contributed by atoms with Gasteiger partial charge in [0.05, 0.1) is 0 Å². The van der Waals surface area contributed by atoms with Gasteiger partial charge in [0.15, 0.2) is 17.0 Å². The lowest BCUT2D eigenvalue weighted by Gasteiger charge is -2.25. The fourth-order valence-corrected chi connectivity index (χ4v) is 4.64. The molecule has 1 unspecified atom stereocenters. The van der Waals surface area contributed by atoms with Crippen molar-refractivity contribution in [2.45, 2.75) is 30.8 Å². The number of carboxylic acid groups (broad SMARTS) is 1. The molecule has 0 aliphatic carbocycles. The predicted octanol–water partition coefficient (Wildman–Crippen LogP) is 2.89. The molecule has 7 nitrogen and oxygen atoms in total. The summed E-state index contributed by atoms with van der Waals surface area (Å²) in [5.41, 5.74) is 0.624. The molecule has 2 atom stereocenters. The van der Waals surface area contributed by atoms with E-state index in [-0.39, 0.29) is 37.4 Å². The topological polar surface area (TPSA) is 98.7 Å². The first kappa shape index (κ1) is 24.4. The van der Waals surface area contributed by atoms with E-state index >= 15 is 0 Å². The zero-order valence-corrected chi connectivity index (χ0v) is 18.2. The number of hydrogen-bond acceptors (Lipinski definition) is 4. The molecule has 0 saturated carbocycles. The first-order valence-electron chi connectivity index (χ1n) is 10.1. The number of rotatable bonds is 8. The summed E-state index contributed by atoms with van der Waals surface area (Å²) in [5.74, 6) is -4.05. The zero-order chi connectivity index (χ0) is 24.0. The van der Waals surface area contributed by atoms with E-state index in [1.54, 1.807) is 0 Å². The third-order valence-corrected chi connectivity index (χ3v) is 6.25. The molecule has 0 radical (unpaired) electrons. The van der Waals surface area contributed by atoms with E-state index in [1.165, 1.54) is 16.7 Å². The van der Waals surface area contributed by atoms with E-state index in [4.69, 9.17) is 5.11 Å². The van der Waals surface area contributed by atoms with Gasteiger partial charge in [0, 0.05) is 37.4 Å². The fourth-order valence-electron chi connectivity index (χ4n) is 3.48. The van der Waals surface area contributed by atoms with E-state index in [9.17, 15) is 27.6 Å². The predicted molar refractivity (Wildman–Crippen MR) is 116 cm³/mol. The first-order valence-corrected chi connectivity index (χ1v) is 11.1. The van der Waals surface area contributed by atoms with Crippen molar-refractivity contribution in [2.24, 2.45) is 0 Å². The standard InChI is InChI=1S/C22H22F3N3O4S/c23-16-11-18(25)17(24)9-14(16)8-15(27-22(31)32)10-19(29)28-6-7-33-21(28)20(30)26-12-13-4-2-1-3-5-13/h1-5,9,11,15,21,27H,6-8,10,12H2,(H,26,30)(H,31,32)/t15-,21?/m1/s1.